The van der Waals surface area contributed by atoms with Crippen molar-refractivity contribution in [3.05, 3.63) is 54.1 Å². The number of amides is 1. The van der Waals surface area contributed by atoms with Crippen LogP contribution >= 0.6 is 0 Å². The van der Waals surface area contributed by atoms with Gasteiger partial charge in [0.25, 0.3) is 0 Å². The van der Waals surface area contributed by atoms with Gasteiger partial charge in [-0.25, -0.2) is 8.42 Å². The van der Waals surface area contributed by atoms with Crippen molar-refractivity contribution in [2.75, 3.05) is 53.5 Å². The number of nitriles is 1. The fraction of sp³-hybridized carbons (Fsp3) is 0.391. The van der Waals surface area contributed by atoms with E-state index in [9.17, 15) is 13.2 Å². The Morgan fingerprint density at radius 3 is 2.30 bits per heavy atom. The molecule has 33 heavy (non-hydrogen) atoms. The maximum Gasteiger partial charge on any atom is 0.243 e. The SMILES string of the molecule is COc1ccc(S(=O)(=O)N2CCN(C(=O)CN(CC#N)Cc3ccccc3)CC2)cc1OC. The standard InChI is InChI=1S/C23H28N4O5S/c1-31-21-9-8-20(16-22(21)32-2)33(29,30)27-14-12-26(13-15-27)23(28)18-25(11-10-24)17-19-6-4-3-5-7-19/h3-9,16H,11-15,17-18H2,1-2H3. The zero-order valence-electron chi connectivity index (χ0n) is 18.8. The maximum atomic E-state index is 13.1. The highest BCUT2D eigenvalue weighted by molar-refractivity contribution is 7.89. The number of hydrogen-bond acceptors (Lipinski definition) is 7. The molecule has 3 rings (SSSR count). The molecule has 10 heteroatoms. The molecule has 0 N–H and O–H groups in total. The third-order valence-electron chi connectivity index (χ3n) is 5.49. The van der Waals surface area contributed by atoms with E-state index in [1.807, 2.05) is 30.3 Å². The van der Waals surface area contributed by atoms with Crippen LogP contribution in [0.25, 0.3) is 0 Å². The van der Waals surface area contributed by atoms with Crippen LogP contribution in [-0.2, 0) is 21.4 Å². The predicted octanol–water partition coefficient (Wildman–Crippen LogP) is 1.56. The van der Waals surface area contributed by atoms with Crippen molar-refractivity contribution >= 4 is 15.9 Å². The highest BCUT2D eigenvalue weighted by Crippen LogP contribution is 2.30. The van der Waals surface area contributed by atoms with Crippen molar-refractivity contribution in [1.29, 1.82) is 5.26 Å². The highest BCUT2D eigenvalue weighted by atomic mass is 32.2. The van der Waals surface area contributed by atoms with Crippen molar-refractivity contribution in [2.24, 2.45) is 0 Å². The van der Waals surface area contributed by atoms with Crippen LogP contribution in [-0.4, -0.2) is 81.9 Å². The summed E-state index contributed by atoms with van der Waals surface area (Å²) < 4.78 is 37.9. The highest BCUT2D eigenvalue weighted by Gasteiger charge is 2.31. The van der Waals surface area contributed by atoms with Gasteiger partial charge in [0.05, 0.1) is 38.3 Å². The average Bonchev–Trinajstić information content (AvgIpc) is 2.84. The molecule has 0 aliphatic carbocycles. The van der Waals surface area contributed by atoms with Gasteiger partial charge in [-0.2, -0.15) is 9.57 Å². The first-order valence-corrected chi connectivity index (χ1v) is 12.0. The third kappa shape index (κ3) is 6.01. The predicted molar refractivity (Wildman–Crippen MR) is 122 cm³/mol. The van der Waals surface area contributed by atoms with E-state index in [-0.39, 0.29) is 50.1 Å². The van der Waals surface area contributed by atoms with Crippen molar-refractivity contribution in [2.45, 2.75) is 11.4 Å². The van der Waals surface area contributed by atoms with Gasteiger partial charge in [0.1, 0.15) is 0 Å². The summed E-state index contributed by atoms with van der Waals surface area (Å²) in [6.45, 7) is 1.69. The smallest absolute Gasteiger partial charge is 0.243 e. The lowest BCUT2D eigenvalue weighted by molar-refractivity contribution is -0.133. The van der Waals surface area contributed by atoms with Crippen molar-refractivity contribution in [1.82, 2.24) is 14.1 Å². The first-order valence-electron chi connectivity index (χ1n) is 10.5. The largest absolute Gasteiger partial charge is 0.493 e. The second-order valence-corrected chi connectivity index (χ2v) is 9.53. The van der Waals surface area contributed by atoms with Gasteiger partial charge in [-0.1, -0.05) is 30.3 Å². The second kappa shape index (κ2) is 11.1. The van der Waals surface area contributed by atoms with Crippen LogP contribution in [0.1, 0.15) is 5.56 Å². The molecule has 1 heterocycles. The molecule has 0 bridgehead atoms. The van der Waals surface area contributed by atoms with Crippen molar-refractivity contribution < 1.29 is 22.7 Å². The van der Waals surface area contributed by atoms with E-state index in [1.54, 1.807) is 15.9 Å². The van der Waals surface area contributed by atoms with Crippen LogP contribution in [0.5, 0.6) is 11.5 Å². The molecular weight excluding hydrogens is 444 g/mol. The topological polar surface area (TPSA) is 103 Å². The number of sulfonamides is 1. The van der Waals surface area contributed by atoms with Crippen LogP contribution in [0.3, 0.4) is 0 Å². The van der Waals surface area contributed by atoms with E-state index in [0.717, 1.165) is 5.56 Å². The van der Waals surface area contributed by atoms with Gasteiger partial charge in [-0.05, 0) is 17.7 Å². The van der Waals surface area contributed by atoms with Gasteiger partial charge in [0.2, 0.25) is 15.9 Å². The first kappa shape index (κ1) is 24.5. The fourth-order valence-electron chi connectivity index (χ4n) is 3.70. The van der Waals surface area contributed by atoms with Crippen LogP contribution in [0.4, 0.5) is 0 Å². The summed E-state index contributed by atoms with van der Waals surface area (Å²) in [5.74, 6) is 0.664. The van der Waals surface area contributed by atoms with E-state index in [1.165, 1.54) is 30.7 Å². The molecule has 0 spiro atoms. The number of nitrogens with zero attached hydrogens (tertiary/aromatic N) is 4. The first-order chi connectivity index (χ1) is 15.9. The van der Waals surface area contributed by atoms with Gasteiger partial charge >= 0.3 is 0 Å². The monoisotopic (exact) mass is 472 g/mol. The van der Waals surface area contributed by atoms with Crippen LogP contribution < -0.4 is 9.47 Å². The van der Waals surface area contributed by atoms with Gasteiger partial charge in [-0.15, -0.1) is 0 Å². The van der Waals surface area contributed by atoms with Gasteiger partial charge in [-0.3, -0.25) is 9.69 Å². The Morgan fingerprint density at radius 2 is 1.70 bits per heavy atom. The molecule has 1 fully saturated rings. The normalized spacial score (nSPS) is 14.7. The van der Waals surface area contributed by atoms with Crippen LogP contribution in [0, 0.1) is 11.3 Å². The number of hydrogen-bond donors (Lipinski definition) is 0. The number of methoxy groups -OCH3 is 2. The maximum absolute atomic E-state index is 13.1. The van der Waals surface area contributed by atoms with Crippen molar-refractivity contribution in [3.63, 3.8) is 0 Å². The molecule has 0 saturated carbocycles. The molecule has 1 amide bonds. The Labute approximate surface area is 194 Å². The number of benzene rings is 2. The molecule has 1 saturated heterocycles. The van der Waals surface area contributed by atoms with E-state index in [2.05, 4.69) is 6.07 Å². The average molecular weight is 473 g/mol. The fourth-order valence-corrected chi connectivity index (χ4v) is 5.14. The minimum atomic E-state index is -3.73. The van der Waals surface area contributed by atoms with E-state index >= 15 is 0 Å². The Morgan fingerprint density at radius 1 is 1.03 bits per heavy atom. The van der Waals surface area contributed by atoms with Gasteiger partial charge in [0.15, 0.2) is 11.5 Å². The number of carbonyl (C=O) groups excluding carboxylic acids is 1. The Kier molecular flexibility index (Phi) is 8.27. The summed E-state index contributed by atoms with van der Waals surface area (Å²) in [4.78, 5) is 16.4. The molecule has 0 radical (unpaired) electrons. The third-order valence-corrected chi connectivity index (χ3v) is 7.38. The quantitative estimate of drug-likeness (QED) is 0.510. The molecule has 2 aromatic carbocycles. The van der Waals surface area contributed by atoms with Gasteiger partial charge < -0.3 is 14.4 Å². The van der Waals surface area contributed by atoms with Crippen LogP contribution in [0.2, 0.25) is 0 Å². The lowest BCUT2D eigenvalue weighted by Gasteiger charge is -2.35. The lowest BCUT2D eigenvalue weighted by Crippen LogP contribution is -2.52. The summed E-state index contributed by atoms with van der Waals surface area (Å²) in [7, 11) is -0.798. The summed E-state index contributed by atoms with van der Waals surface area (Å²) in [5, 5.41) is 9.13. The Bertz CT molecular complexity index is 1090. The van der Waals surface area contributed by atoms with Crippen molar-refractivity contribution in [3.8, 4) is 17.6 Å². The molecule has 1 aliphatic heterocycles. The van der Waals surface area contributed by atoms with E-state index in [4.69, 9.17) is 14.7 Å². The van der Waals surface area contributed by atoms with E-state index < -0.39 is 10.0 Å². The Balaban J connectivity index is 1.61. The lowest BCUT2D eigenvalue weighted by atomic mass is 10.2. The molecular formula is C23H28N4O5S. The summed E-state index contributed by atoms with van der Waals surface area (Å²) in [5.41, 5.74) is 1.02. The zero-order chi connectivity index (χ0) is 23.8. The number of piperazine rings is 1. The minimum absolute atomic E-state index is 0.102. The number of ether oxygens (including phenoxy) is 2. The molecule has 0 aromatic heterocycles. The molecule has 9 nitrogen and oxygen atoms in total. The summed E-state index contributed by atoms with van der Waals surface area (Å²) in [6, 6.07) is 16.2. The van der Waals surface area contributed by atoms with Gasteiger partial charge in [0, 0.05) is 38.8 Å². The Hall–Kier alpha value is -3.13. The second-order valence-electron chi connectivity index (χ2n) is 7.59. The molecule has 0 atom stereocenters. The number of carbonyl (C=O) groups is 1. The molecule has 176 valence electrons. The van der Waals surface area contributed by atoms with E-state index in [0.29, 0.717) is 18.0 Å². The zero-order valence-corrected chi connectivity index (χ0v) is 19.6. The van der Waals surface area contributed by atoms with Crippen LogP contribution in [0.15, 0.2) is 53.4 Å². The summed E-state index contributed by atoms with van der Waals surface area (Å²) in [6.07, 6.45) is 0. The molecule has 0 unspecified atom stereocenters. The molecule has 2 aromatic rings. The molecule has 1 aliphatic rings. The summed E-state index contributed by atoms with van der Waals surface area (Å²) >= 11 is 0. The number of rotatable bonds is 9. The minimum Gasteiger partial charge on any atom is -0.493 e.